The quantitative estimate of drug-likeness (QED) is 0.225. The third kappa shape index (κ3) is 6.05. The number of rotatable bonds is 8. The predicted octanol–water partition coefficient (Wildman–Crippen LogP) is 4.96. The Labute approximate surface area is 249 Å². The molecule has 4 aromatic rings. The molecule has 0 aliphatic carbocycles. The highest BCUT2D eigenvalue weighted by molar-refractivity contribution is 6.15. The first-order valence-electron chi connectivity index (χ1n) is 14.0. The van der Waals surface area contributed by atoms with Gasteiger partial charge in [0.25, 0.3) is 11.9 Å². The summed E-state index contributed by atoms with van der Waals surface area (Å²) in [6.07, 6.45) is 1.65. The van der Waals surface area contributed by atoms with Crippen LogP contribution in [0.5, 0.6) is 5.95 Å². The highest BCUT2D eigenvalue weighted by Crippen LogP contribution is 2.33. The van der Waals surface area contributed by atoms with Crippen LogP contribution in [0.3, 0.4) is 0 Å². The lowest BCUT2D eigenvalue weighted by molar-refractivity contribution is -0.115. The highest BCUT2D eigenvalue weighted by atomic mass is 16.6. The molecule has 0 saturated carbocycles. The Morgan fingerprint density at radius 1 is 0.977 bits per heavy atom. The van der Waals surface area contributed by atoms with Gasteiger partial charge in [-0.3, -0.25) is 19.4 Å². The second-order valence-corrected chi connectivity index (χ2v) is 10.5. The van der Waals surface area contributed by atoms with Crippen molar-refractivity contribution in [2.75, 3.05) is 55.9 Å². The minimum Gasteiger partial charge on any atom is -0.468 e. The maximum atomic E-state index is 13.3. The summed E-state index contributed by atoms with van der Waals surface area (Å²) in [4.78, 5) is 47.9. The summed E-state index contributed by atoms with van der Waals surface area (Å²) in [6.45, 7) is 4.06. The van der Waals surface area contributed by atoms with Crippen molar-refractivity contribution >= 4 is 46.6 Å². The van der Waals surface area contributed by atoms with Crippen LogP contribution in [0, 0.1) is 0 Å². The van der Waals surface area contributed by atoms with Crippen LogP contribution >= 0.6 is 0 Å². The van der Waals surface area contributed by atoms with E-state index in [1.807, 2.05) is 12.1 Å². The van der Waals surface area contributed by atoms with Crippen molar-refractivity contribution in [1.82, 2.24) is 4.90 Å². The summed E-state index contributed by atoms with van der Waals surface area (Å²) in [5, 5.41) is 5.61. The van der Waals surface area contributed by atoms with Crippen LogP contribution < -0.4 is 20.3 Å². The third-order valence-corrected chi connectivity index (χ3v) is 7.67. The molecule has 10 nitrogen and oxygen atoms in total. The molecule has 43 heavy (non-hydrogen) atoms. The molecule has 6 rings (SSSR count). The van der Waals surface area contributed by atoms with Gasteiger partial charge in [-0.05, 0) is 61.1 Å². The fraction of sp³-hybridized carbons (Fsp3) is 0.212. The number of likely N-dealkylation sites (N-methyl/N-ethyl adjacent to an activating group) is 1. The van der Waals surface area contributed by atoms with Gasteiger partial charge in [0, 0.05) is 66.6 Å². The zero-order valence-electron chi connectivity index (χ0n) is 23.9. The van der Waals surface area contributed by atoms with Gasteiger partial charge in [0.15, 0.2) is 11.5 Å². The molecule has 2 N–H and O–H groups in total. The van der Waals surface area contributed by atoms with E-state index in [-0.39, 0.29) is 23.4 Å². The standard InChI is InChI=1S/C33H31N5O5/c1-37-14-16-38(17-15-37)25-9-7-23(8-10-25)34-20-27-26-11-6-22(19-28(26)36-32(27)40)31(39)21-4-3-5-24(18-21)35-33(41)29-12-13-30(42-2)43-29/h3-13,18-20,27H,14-17H2,1-2H3,(H,35,41)(H,36,40). The van der Waals surface area contributed by atoms with E-state index in [1.165, 1.54) is 18.9 Å². The lowest BCUT2D eigenvalue weighted by atomic mass is 9.97. The molecule has 2 aliphatic heterocycles. The third-order valence-electron chi connectivity index (χ3n) is 7.67. The molecule has 2 amide bonds. The lowest BCUT2D eigenvalue weighted by Crippen LogP contribution is -2.44. The maximum Gasteiger partial charge on any atom is 0.291 e. The molecule has 218 valence electrons. The molecule has 10 heteroatoms. The average molecular weight is 578 g/mol. The number of furan rings is 1. The number of ether oxygens (including phenoxy) is 1. The number of methoxy groups -OCH3 is 1. The zero-order valence-corrected chi connectivity index (χ0v) is 23.9. The zero-order chi connectivity index (χ0) is 29.9. The number of piperazine rings is 1. The van der Waals surface area contributed by atoms with Gasteiger partial charge in [-0.15, -0.1) is 0 Å². The molecule has 1 atom stereocenters. The molecule has 0 radical (unpaired) electrons. The Kier molecular flexibility index (Phi) is 7.76. The van der Waals surface area contributed by atoms with Crippen LogP contribution in [-0.4, -0.2) is 69.0 Å². The summed E-state index contributed by atoms with van der Waals surface area (Å²) in [5.41, 5.74) is 4.51. The number of fused-ring (bicyclic) bond motifs is 1. The van der Waals surface area contributed by atoms with Gasteiger partial charge in [-0.2, -0.15) is 0 Å². The fourth-order valence-corrected chi connectivity index (χ4v) is 5.20. The van der Waals surface area contributed by atoms with Gasteiger partial charge < -0.3 is 29.6 Å². The van der Waals surface area contributed by atoms with Crippen molar-refractivity contribution in [2.24, 2.45) is 4.99 Å². The Balaban J connectivity index is 1.13. The summed E-state index contributed by atoms with van der Waals surface area (Å²) in [5.74, 6) is -1.16. The second kappa shape index (κ2) is 11.9. The van der Waals surface area contributed by atoms with Gasteiger partial charge in [-0.25, -0.2) is 0 Å². The molecule has 3 aromatic carbocycles. The van der Waals surface area contributed by atoms with Gasteiger partial charge in [0.05, 0.1) is 12.8 Å². The Hall–Kier alpha value is -5.22. The average Bonchev–Trinajstić information content (AvgIpc) is 3.64. The van der Waals surface area contributed by atoms with Crippen molar-refractivity contribution in [3.8, 4) is 5.95 Å². The van der Waals surface area contributed by atoms with Crippen LogP contribution in [0.4, 0.5) is 22.7 Å². The van der Waals surface area contributed by atoms with E-state index < -0.39 is 11.8 Å². The number of nitrogens with one attached hydrogen (secondary N) is 2. The minimum absolute atomic E-state index is 0.0868. The summed E-state index contributed by atoms with van der Waals surface area (Å²) >= 11 is 0. The number of benzene rings is 3. The van der Waals surface area contributed by atoms with E-state index in [9.17, 15) is 14.4 Å². The Morgan fingerprint density at radius 3 is 2.49 bits per heavy atom. The summed E-state index contributed by atoms with van der Waals surface area (Å²) < 4.78 is 10.3. The van der Waals surface area contributed by atoms with Gasteiger partial charge in [0.1, 0.15) is 5.92 Å². The number of carbonyl (C=O) groups excluding carboxylic acids is 3. The Morgan fingerprint density at radius 2 is 1.74 bits per heavy atom. The van der Waals surface area contributed by atoms with Crippen molar-refractivity contribution in [1.29, 1.82) is 0 Å². The number of nitrogens with zero attached hydrogens (tertiary/aromatic N) is 3. The maximum absolute atomic E-state index is 13.3. The van der Waals surface area contributed by atoms with Crippen molar-refractivity contribution < 1.29 is 23.5 Å². The number of carbonyl (C=O) groups is 3. The van der Waals surface area contributed by atoms with Crippen LogP contribution in [0.2, 0.25) is 0 Å². The number of anilines is 3. The molecule has 2 aliphatic rings. The highest BCUT2D eigenvalue weighted by Gasteiger charge is 2.30. The van der Waals surface area contributed by atoms with Crippen LogP contribution in [0.15, 0.2) is 88.3 Å². The van der Waals surface area contributed by atoms with Crippen molar-refractivity contribution in [3.63, 3.8) is 0 Å². The molecule has 1 aromatic heterocycles. The number of ketones is 1. The SMILES string of the molecule is COc1ccc(C(=O)Nc2cccc(C(=O)c3ccc4c(c3)NC(=O)C4C=Nc3ccc(N4CCN(C)CC4)cc3)c2)o1. The van der Waals surface area contributed by atoms with Crippen LogP contribution in [0.1, 0.15) is 38.0 Å². The smallest absolute Gasteiger partial charge is 0.291 e. The molecule has 1 unspecified atom stereocenters. The number of hydrogen-bond acceptors (Lipinski definition) is 8. The number of amides is 2. The van der Waals surface area contributed by atoms with Gasteiger partial charge >= 0.3 is 0 Å². The van der Waals surface area contributed by atoms with E-state index >= 15 is 0 Å². The van der Waals surface area contributed by atoms with E-state index in [0.717, 1.165) is 37.4 Å². The fourth-order valence-electron chi connectivity index (χ4n) is 5.20. The van der Waals surface area contributed by atoms with Crippen LogP contribution in [0.25, 0.3) is 0 Å². The summed E-state index contributed by atoms with van der Waals surface area (Å²) in [7, 11) is 3.58. The van der Waals surface area contributed by atoms with E-state index in [0.29, 0.717) is 22.5 Å². The van der Waals surface area contributed by atoms with E-state index in [1.54, 1.807) is 54.7 Å². The van der Waals surface area contributed by atoms with Gasteiger partial charge in [0.2, 0.25) is 5.91 Å². The topological polar surface area (TPSA) is 116 Å². The van der Waals surface area contributed by atoms with Crippen LogP contribution in [-0.2, 0) is 4.79 Å². The van der Waals surface area contributed by atoms with Crippen molar-refractivity contribution in [3.05, 3.63) is 101 Å². The van der Waals surface area contributed by atoms with Gasteiger partial charge in [-0.1, -0.05) is 24.3 Å². The molecular formula is C33H31N5O5. The number of hydrogen-bond donors (Lipinski definition) is 2. The normalized spacial score (nSPS) is 16.7. The van der Waals surface area contributed by atoms with Crippen molar-refractivity contribution in [2.45, 2.75) is 5.92 Å². The molecule has 1 saturated heterocycles. The minimum atomic E-state index is -0.560. The largest absolute Gasteiger partial charge is 0.468 e. The molecule has 0 bridgehead atoms. The van der Waals surface area contributed by atoms with E-state index in [4.69, 9.17) is 9.15 Å². The van der Waals surface area contributed by atoms with E-state index in [2.05, 4.69) is 44.6 Å². The molecule has 3 heterocycles. The predicted molar refractivity (Wildman–Crippen MR) is 165 cm³/mol. The lowest BCUT2D eigenvalue weighted by Gasteiger charge is -2.34. The molecule has 1 fully saturated rings. The monoisotopic (exact) mass is 577 g/mol. The molecular weight excluding hydrogens is 546 g/mol. The summed E-state index contributed by atoms with van der Waals surface area (Å²) in [6, 6.07) is 22.9. The first kappa shape index (κ1) is 27.9. The number of aliphatic imine (C=N–C) groups is 1. The first-order chi connectivity index (χ1) is 20.9. The Bertz CT molecular complexity index is 1700. The molecule has 0 spiro atoms. The second-order valence-electron chi connectivity index (χ2n) is 10.5. The first-order valence-corrected chi connectivity index (χ1v) is 14.0.